The van der Waals surface area contributed by atoms with Crippen LogP contribution in [-0.4, -0.2) is 23.9 Å². The molecule has 0 aliphatic rings. The van der Waals surface area contributed by atoms with Crippen molar-refractivity contribution in [3.8, 4) is 5.75 Å². The van der Waals surface area contributed by atoms with Gasteiger partial charge in [-0.1, -0.05) is 0 Å². The van der Waals surface area contributed by atoms with E-state index < -0.39 is 6.29 Å². The molecule has 1 aromatic carbocycles. The average Bonchev–Trinajstić information content (AvgIpc) is 2.39. The highest BCUT2D eigenvalue weighted by Crippen LogP contribution is 2.29. The second kappa shape index (κ2) is 5.03. The molecular formula is C14H17NO4. The standard InChI is InChI=1S/C14H17NO4/c1-8-5-9-10(14(18-3)19-4)6-13(17)15(2)11(9)7-12(8)16/h5-7,14,16H,1-4H3. The smallest absolute Gasteiger partial charge is 0.251 e. The van der Waals surface area contributed by atoms with Crippen molar-refractivity contribution in [2.24, 2.45) is 7.05 Å². The number of aromatic nitrogens is 1. The van der Waals surface area contributed by atoms with E-state index in [0.717, 1.165) is 10.9 Å². The highest BCUT2D eigenvalue weighted by Gasteiger charge is 2.16. The third-order valence-electron chi connectivity index (χ3n) is 3.28. The maximum absolute atomic E-state index is 12.0. The molecular weight excluding hydrogens is 246 g/mol. The maximum atomic E-state index is 12.0. The molecule has 0 spiro atoms. The zero-order valence-electron chi connectivity index (χ0n) is 11.4. The van der Waals surface area contributed by atoms with Crippen LogP contribution in [0.5, 0.6) is 5.75 Å². The van der Waals surface area contributed by atoms with Crippen LogP contribution < -0.4 is 5.56 Å². The number of pyridine rings is 1. The summed E-state index contributed by atoms with van der Waals surface area (Å²) in [4.78, 5) is 12.0. The van der Waals surface area contributed by atoms with Crippen molar-refractivity contribution in [3.63, 3.8) is 0 Å². The molecule has 0 radical (unpaired) electrons. The SMILES string of the molecule is COC(OC)c1cc(=O)n(C)c2cc(O)c(C)cc12. The lowest BCUT2D eigenvalue weighted by molar-refractivity contribution is -0.105. The number of hydrogen-bond acceptors (Lipinski definition) is 4. The molecule has 0 fully saturated rings. The van der Waals surface area contributed by atoms with Gasteiger partial charge in [-0.25, -0.2) is 0 Å². The van der Waals surface area contributed by atoms with Crippen molar-refractivity contribution in [3.05, 3.63) is 39.7 Å². The fraction of sp³-hybridized carbons (Fsp3) is 0.357. The topological polar surface area (TPSA) is 60.7 Å². The molecule has 0 bridgehead atoms. The van der Waals surface area contributed by atoms with Crippen molar-refractivity contribution >= 4 is 10.9 Å². The third-order valence-corrected chi connectivity index (χ3v) is 3.28. The number of nitrogens with zero attached hydrogens (tertiary/aromatic N) is 1. The first-order chi connectivity index (χ1) is 8.99. The number of rotatable bonds is 3. The highest BCUT2D eigenvalue weighted by molar-refractivity contribution is 5.85. The summed E-state index contributed by atoms with van der Waals surface area (Å²) in [5.41, 5.74) is 1.86. The number of phenolic OH excluding ortho intramolecular Hbond substituents is 1. The number of phenols is 1. The first kappa shape index (κ1) is 13.6. The van der Waals surface area contributed by atoms with Gasteiger partial charge in [-0.05, 0) is 18.6 Å². The molecule has 2 rings (SSSR count). The molecule has 1 heterocycles. The lowest BCUT2D eigenvalue weighted by Gasteiger charge is -2.18. The van der Waals surface area contributed by atoms with Crippen molar-refractivity contribution < 1.29 is 14.6 Å². The van der Waals surface area contributed by atoms with E-state index in [1.54, 1.807) is 20.0 Å². The minimum absolute atomic E-state index is 0.158. The van der Waals surface area contributed by atoms with Gasteiger partial charge in [0, 0.05) is 44.3 Å². The number of aryl methyl sites for hydroxylation is 2. The largest absolute Gasteiger partial charge is 0.508 e. The summed E-state index contributed by atoms with van der Waals surface area (Å²) < 4.78 is 11.9. The Hall–Kier alpha value is -1.85. The lowest BCUT2D eigenvalue weighted by atomic mass is 10.0. The number of fused-ring (bicyclic) bond motifs is 1. The molecule has 0 unspecified atom stereocenters. The van der Waals surface area contributed by atoms with E-state index in [1.165, 1.54) is 24.9 Å². The fourth-order valence-corrected chi connectivity index (χ4v) is 2.17. The molecule has 1 N–H and O–H groups in total. The second-order valence-electron chi connectivity index (χ2n) is 4.46. The molecule has 0 atom stereocenters. The Morgan fingerprint density at radius 2 is 1.84 bits per heavy atom. The lowest BCUT2D eigenvalue weighted by Crippen LogP contribution is -2.19. The number of hydrogen-bond donors (Lipinski definition) is 1. The van der Waals surface area contributed by atoms with Crippen LogP contribution in [0.15, 0.2) is 23.0 Å². The number of aromatic hydroxyl groups is 1. The molecule has 0 aliphatic carbocycles. The van der Waals surface area contributed by atoms with Gasteiger partial charge < -0.3 is 19.1 Å². The van der Waals surface area contributed by atoms with Gasteiger partial charge in [0.1, 0.15) is 5.75 Å². The van der Waals surface area contributed by atoms with E-state index in [0.29, 0.717) is 11.1 Å². The Labute approximate surface area is 111 Å². The molecule has 5 heteroatoms. The highest BCUT2D eigenvalue weighted by atomic mass is 16.7. The Morgan fingerprint density at radius 3 is 2.42 bits per heavy atom. The Bertz CT molecular complexity index is 671. The van der Waals surface area contributed by atoms with E-state index in [2.05, 4.69) is 0 Å². The Morgan fingerprint density at radius 1 is 1.21 bits per heavy atom. The van der Waals surface area contributed by atoms with E-state index in [-0.39, 0.29) is 11.3 Å². The Balaban J connectivity index is 2.88. The third kappa shape index (κ3) is 2.22. The molecule has 2 aromatic rings. The first-order valence-corrected chi connectivity index (χ1v) is 5.88. The van der Waals surface area contributed by atoms with Crippen LogP contribution in [0.2, 0.25) is 0 Å². The molecule has 102 valence electrons. The van der Waals surface area contributed by atoms with Crippen molar-refractivity contribution in [1.29, 1.82) is 0 Å². The van der Waals surface area contributed by atoms with Gasteiger partial charge in [0.25, 0.3) is 5.56 Å². The summed E-state index contributed by atoms with van der Waals surface area (Å²) in [6.07, 6.45) is -0.611. The molecule has 0 amide bonds. The summed E-state index contributed by atoms with van der Waals surface area (Å²) in [6, 6.07) is 4.90. The fourth-order valence-electron chi connectivity index (χ4n) is 2.17. The van der Waals surface area contributed by atoms with Crippen molar-refractivity contribution in [2.45, 2.75) is 13.2 Å². The minimum Gasteiger partial charge on any atom is -0.508 e. The second-order valence-corrected chi connectivity index (χ2v) is 4.46. The van der Waals surface area contributed by atoms with Gasteiger partial charge in [0.05, 0.1) is 5.52 Å². The van der Waals surface area contributed by atoms with E-state index in [1.807, 2.05) is 6.07 Å². The molecule has 0 saturated heterocycles. The number of methoxy groups -OCH3 is 2. The van der Waals surface area contributed by atoms with Gasteiger partial charge in [-0.2, -0.15) is 0 Å². The van der Waals surface area contributed by atoms with Gasteiger partial charge >= 0.3 is 0 Å². The van der Waals surface area contributed by atoms with Crippen LogP contribution >= 0.6 is 0 Å². The summed E-state index contributed by atoms with van der Waals surface area (Å²) >= 11 is 0. The van der Waals surface area contributed by atoms with Gasteiger partial charge in [0.2, 0.25) is 0 Å². The molecule has 0 saturated carbocycles. The Kier molecular flexibility index (Phi) is 3.59. The van der Waals surface area contributed by atoms with Crippen LogP contribution in [0.4, 0.5) is 0 Å². The van der Waals surface area contributed by atoms with Crippen LogP contribution in [0.25, 0.3) is 10.9 Å². The van der Waals surface area contributed by atoms with Crippen LogP contribution in [-0.2, 0) is 16.5 Å². The van der Waals surface area contributed by atoms with Gasteiger partial charge in [0.15, 0.2) is 6.29 Å². The van der Waals surface area contributed by atoms with E-state index in [4.69, 9.17) is 9.47 Å². The summed E-state index contributed by atoms with van der Waals surface area (Å²) in [5, 5.41) is 10.6. The van der Waals surface area contributed by atoms with E-state index >= 15 is 0 Å². The first-order valence-electron chi connectivity index (χ1n) is 5.88. The van der Waals surface area contributed by atoms with Crippen molar-refractivity contribution in [1.82, 2.24) is 4.57 Å². The molecule has 0 aliphatic heterocycles. The number of ether oxygens (including phenoxy) is 2. The maximum Gasteiger partial charge on any atom is 0.251 e. The molecule has 5 nitrogen and oxygen atoms in total. The predicted octanol–water partition coefficient (Wildman–Crippen LogP) is 1.84. The molecule has 19 heavy (non-hydrogen) atoms. The summed E-state index contributed by atoms with van der Waals surface area (Å²) in [7, 11) is 4.70. The summed E-state index contributed by atoms with van der Waals surface area (Å²) in [5.74, 6) is 0.158. The van der Waals surface area contributed by atoms with E-state index in [9.17, 15) is 9.90 Å². The van der Waals surface area contributed by atoms with Crippen LogP contribution in [0.3, 0.4) is 0 Å². The van der Waals surface area contributed by atoms with Gasteiger partial charge in [-0.15, -0.1) is 0 Å². The number of benzene rings is 1. The normalized spacial score (nSPS) is 11.4. The zero-order chi connectivity index (χ0) is 14.2. The van der Waals surface area contributed by atoms with Crippen molar-refractivity contribution in [2.75, 3.05) is 14.2 Å². The monoisotopic (exact) mass is 263 g/mol. The van der Waals surface area contributed by atoms with Crippen LogP contribution in [0, 0.1) is 6.92 Å². The van der Waals surface area contributed by atoms with Crippen LogP contribution in [0.1, 0.15) is 17.4 Å². The summed E-state index contributed by atoms with van der Waals surface area (Å²) in [6.45, 7) is 1.80. The average molecular weight is 263 g/mol. The minimum atomic E-state index is -0.611. The molecule has 1 aromatic heterocycles. The quantitative estimate of drug-likeness (QED) is 0.858. The zero-order valence-corrected chi connectivity index (χ0v) is 11.4. The van der Waals surface area contributed by atoms with Gasteiger partial charge in [-0.3, -0.25) is 4.79 Å². The predicted molar refractivity (Wildman–Crippen MR) is 72.3 cm³/mol.